The van der Waals surface area contributed by atoms with Gasteiger partial charge in [0.25, 0.3) is 0 Å². The fourth-order valence-electron chi connectivity index (χ4n) is 3.66. The standard InChI is InChI=1S/C17H22FN3O3/c1-24-17(23)16-13-9-12(5-6-14(13)20-21-16)19-15(22)8-10-3-2-4-11(18)7-10/h2-4,7,12-14,16,20-21H,5-6,8-9H2,1H3,(H,19,22). The van der Waals surface area contributed by atoms with Crippen LogP contribution in [0.5, 0.6) is 0 Å². The van der Waals surface area contributed by atoms with Gasteiger partial charge in [-0.2, -0.15) is 0 Å². The normalized spacial score (nSPS) is 28.9. The minimum Gasteiger partial charge on any atom is -0.468 e. The summed E-state index contributed by atoms with van der Waals surface area (Å²) >= 11 is 0. The molecule has 3 N–H and O–H groups in total. The average molecular weight is 335 g/mol. The van der Waals surface area contributed by atoms with Crippen LogP contribution >= 0.6 is 0 Å². The van der Waals surface area contributed by atoms with Crippen LogP contribution in [0.2, 0.25) is 0 Å². The zero-order valence-corrected chi connectivity index (χ0v) is 13.5. The second-order valence-electron chi connectivity index (χ2n) is 6.44. The fourth-order valence-corrected chi connectivity index (χ4v) is 3.66. The van der Waals surface area contributed by atoms with Crippen molar-refractivity contribution in [2.45, 2.75) is 43.8 Å². The van der Waals surface area contributed by atoms with Gasteiger partial charge in [0.15, 0.2) is 0 Å². The fraction of sp³-hybridized carbons (Fsp3) is 0.529. The summed E-state index contributed by atoms with van der Waals surface area (Å²) in [6, 6.07) is 5.90. The van der Waals surface area contributed by atoms with E-state index in [1.165, 1.54) is 19.2 Å². The minimum absolute atomic E-state index is 0.0150. The molecule has 130 valence electrons. The number of fused-ring (bicyclic) bond motifs is 1. The van der Waals surface area contributed by atoms with Gasteiger partial charge in [-0.25, -0.2) is 9.82 Å². The lowest BCUT2D eigenvalue weighted by molar-refractivity contribution is -0.144. The molecule has 2 aliphatic rings. The van der Waals surface area contributed by atoms with Gasteiger partial charge in [0, 0.05) is 18.0 Å². The van der Waals surface area contributed by atoms with Crippen molar-refractivity contribution in [2.75, 3.05) is 7.11 Å². The Hall–Kier alpha value is -1.99. The number of carbonyl (C=O) groups is 2. The van der Waals surface area contributed by atoms with Gasteiger partial charge in [-0.3, -0.25) is 15.0 Å². The van der Waals surface area contributed by atoms with E-state index in [1.807, 2.05) is 0 Å². The molecule has 0 aromatic heterocycles. The van der Waals surface area contributed by atoms with Gasteiger partial charge in [-0.05, 0) is 37.0 Å². The predicted molar refractivity (Wildman–Crippen MR) is 85.2 cm³/mol. The number of ether oxygens (including phenoxy) is 1. The maximum absolute atomic E-state index is 13.2. The van der Waals surface area contributed by atoms with Gasteiger partial charge in [0.05, 0.1) is 13.5 Å². The van der Waals surface area contributed by atoms with Crippen molar-refractivity contribution in [1.82, 2.24) is 16.2 Å². The molecule has 1 aromatic rings. The maximum atomic E-state index is 13.2. The quantitative estimate of drug-likeness (QED) is 0.705. The summed E-state index contributed by atoms with van der Waals surface area (Å²) in [5.74, 6) is -0.671. The molecule has 1 saturated carbocycles. The van der Waals surface area contributed by atoms with E-state index < -0.39 is 0 Å². The summed E-state index contributed by atoms with van der Waals surface area (Å²) in [5.41, 5.74) is 6.78. The lowest BCUT2D eigenvalue weighted by Gasteiger charge is -2.32. The van der Waals surface area contributed by atoms with Crippen molar-refractivity contribution in [3.8, 4) is 0 Å². The lowest BCUT2D eigenvalue weighted by atomic mass is 9.79. The summed E-state index contributed by atoms with van der Waals surface area (Å²) in [6.07, 6.45) is 2.58. The first-order valence-corrected chi connectivity index (χ1v) is 8.19. The topological polar surface area (TPSA) is 79.5 Å². The summed E-state index contributed by atoms with van der Waals surface area (Å²) in [5, 5.41) is 3.01. The Kier molecular flexibility index (Phi) is 5.11. The van der Waals surface area contributed by atoms with Crippen LogP contribution in [0.15, 0.2) is 24.3 Å². The van der Waals surface area contributed by atoms with Crippen LogP contribution in [0, 0.1) is 11.7 Å². The number of hydrogen-bond acceptors (Lipinski definition) is 5. The van der Waals surface area contributed by atoms with Crippen molar-refractivity contribution in [3.05, 3.63) is 35.6 Å². The van der Waals surface area contributed by atoms with Crippen molar-refractivity contribution >= 4 is 11.9 Å². The number of hydrazine groups is 1. The number of benzene rings is 1. The molecule has 1 aromatic carbocycles. The molecular formula is C17H22FN3O3. The number of rotatable bonds is 4. The molecule has 2 fully saturated rings. The number of methoxy groups -OCH3 is 1. The monoisotopic (exact) mass is 335 g/mol. The summed E-state index contributed by atoms with van der Waals surface area (Å²) in [7, 11) is 1.37. The van der Waals surface area contributed by atoms with E-state index in [2.05, 4.69) is 16.2 Å². The van der Waals surface area contributed by atoms with Gasteiger partial charge in [-0.15, -0.1) is 0 Å². The third kappa shape index (κ3) is 3.73. The Balaban J connectivity index is 1.56. The van der Waals surface area contributed by atoms with E-state index >= 15 is 0 Å². The van der Waals surface area contributed by atoms with Crippen LogP contribution in [-0.2, 0) is 20.7 Å². The Bertz CT molecular complexity index is 625. The summed E-state index contributed by atoms with van der Waals surface area (Å²) in [6.45, 7) is 0. The van der Waals surface area contributed by atoms with E-state index in [1.54, 1.807) is 12.1 Å². The van der Waals surface area contributed by atoms with Gasteiger partial charge < -0.3 is 10.1 Å². The number of hydrogen-bond donors (Lipinski definition) is 3. The molecule has 1 heterocycles. The molecule has 0 radical (unpaired) electrons. The van der Waals surface area contributed by atoms with Crippen LogP contribution in [0.4, 0.5) is 4.39 Å². The average Bonchev–Trinajstić information content (AvgIpc) is 2.97. The highest BCUT2D eigenvalue weighted by atomic mass is 19.1. The molecule has 1 amide bonds. The predicted octanol–water partition coefficient (Wildman–Crippen LogP) is 0.671. The molecule has 3 rings (SSSR count). The van der Waals surface area contributed by atoms with Gasteiger partial charge in [-0.1, -0.05) is 12.1 Å². The number of carbonyl (C=O) groups excluding carboxylic acids is 2. The molecule has 1 aliphatic heterocycles. The third-order valence-electron chi connectivity index (χ3n) is 4.83. The van der Waals surface area contributed by atoms with Crippen molar-refractivity contribution < 1.29 is 18.7 Å². The zero-order chi connectivity index (χ0) is 17.1. The van der Waals surface area contributed by atoms with E-state index in [-0.39, 0.29) is 48.2 Å². The van der Waals surface area contributed by atoms with Gasteiger partial charge in [0.2, 0.25) is 5.91 Å². The Morgan fingerprint density at radius 2 is 2.17 bits per heavy atom. The third-order valence-corrected chi connectivity index (χ3v) is 4.83. The van der Waals surface area contributed by atoms with Gasteiger partial charge in [0.1, 0.15) is 11.9 Å². The first-order chi connectivity index (χ1) is 11.6. The molecule has 4 atom stereocenters. The first kappa shape index (κ1) is 16.9. The van der Waals surface area contributed by atoms with Crippen LogP contribution in [0.3, 0.4) is 0 Å². The van der Waals surface area contributed by atoms with Crippen molar-refractivity contribution in [2.24, 2.45) is 5.92 Å². The SMILES string of the molecule is COC(=O)C1NNC2CCC(NC(=O)Cc3cccc(F)c3)CC21. The maximum Gasteiger partial charge on any atom is 0.324 e. The van der Waals surface area contributed by atoms with Crippen LogP contribution < -0.4 is 16.2 Å². The second kappa shape index (κ2) is 7.27. The van der Waals surface area contributed by atoms with E-state index in [4.69, 9.17) is 4.74 Å². The summed E-state index contributed by atoms with van der Waals surface area (Å²) < 4.78 is 18.0. The number of esters is 1. The minimum atomic E-state index is -0.386. The van der Waals surface area contributed by atoms with E-state index in [0.717, 1.165) is 12.8 Å². The van der Waals surface area contributed by atoms with E-state index in [9.17, 15) is 14.0 Å². The Morgan fingerprint density at radius 1 is 1.33 bits per heavy atom. The highest BCUT2D eigenvalue weighted by Gasteiger charge is 2.44. The highest BCUT2D eigenvalue weighted by Crippen LogP contribution is 2.31. The van der Waals surface area contributed by atoms with Crippen molar-refractivity contribution in [1.29, 1.82) is 0 Å². The van der Waals surface area contributed by atoms with Crippen LogP contribution in [0.25, 0.3) is 0 Å². The van der Waals surface area contributed by atoms with E-state index in [0.29, 0.717) is 12.0 Å². The molecule has 0 spiro atoms. The Labute approximate surface area is 140 Å². The number of nitrogens with one attached hydrogen (secondary N) is 3. The summed E-state index contributed by atoms with van der Waals surface area (Å²) in [4.78, 5) is 24.0. The molecule has 6 nitrogen and oxygen atoms in total. The molecule has 7 heteroatoms. The number of halogens is 1. The van der Waals surface area contributed by atoms with Crippen LogP contribution in [-0.4, -0.2) is 37.1 Å². The van der Waals surface area contributed by atoms with Crippen LogP contribution in [0.1, 0.15) is 24.8 Å². The molecule has 24 heavy (non-hydrogen) atoms. The number of amides is 1. The molecule has 1 saturated heterocycles. The molecule has 1 aliphatic carbocycles. The highest BCUT2D eigenvalue weighted by molar-refractivity contribution is 5.79. The lowest BCUT2D eigenvalue weighted by Crippen LogP contribution is -2.46. The smallest absolute Gasteiger partial charge is 0.324 e. The first-order valence-electron chi connectivity index (χ1n) is 8.19. The Morgan fingerprint density at radius 3 is 2.92 bits per heavy atom. The molecule has 4 unspecified atom stereocenters. The largest absolute Gasteiger partial charge is 0.468 e. The molecular weight excluding hydrogens is 313 g/mol. The second-order valence-corrected chi connectivity index (χ2v) is 6.44. The molecule has 0 bridgehead atoms. The zero-order valence-electron chi connectivity index (χ0n) is 13.5. The van der Waals surface area contributed by atoms with Crippen molar-refractivity contribution in [3.63, 3.8) is 0 Å². The van der Waals surface area contributed by atoms with Gasteiger partial charge >= 0.3 is 5.97 Å².